The summed E-state index contributed by atoms with van der Waals surface area (Å²) in [5, 5.41) is 20.6. The number of ether oxygens (including phenoxy) is 1. The zero-order chi connectivity index (χ0) is 23.6. The van der Waals surface area contributed by atoms with Crippen molar-refractivity contribution in [2.24, 2.45) is 0 Å². The first-order chi connectivity index (χ1) is 16.3. The molecule has 2 saturated carbocycles. The lowest BCUT2D eigenvalue weighted by Crippen LogP contribution is -2.40. The smallest absolute Gasteiger partial charge is 0.319 e. The molecule has 176 valence electrons. The molecule has 3 N–H and O–H groups in total. The van der Waals surface area contributed by atoms with E-state index in [9.17, 15) is 14.7 Å². The fraction of sp³-hybridized carbons (Fsp3) is 0.375. The summed E-state index contributed by atoms with van der Waals surface area (Å²) in [6, 6.07) is 6.84. The van der Waals surface area contributed by atoms with Crippen molar-refractivity contribution in [3.05, 3.63) is 52.8 Å². The van der Waals surface area contributed by atoms with Crippen LogP contribution in [0.3, 0.4) is 0 Å². The first kappa shape index (κ1) is 21.2. The van der Waals surface area contributed by atoms with Gasteiger partial charge in [-0.05, 0) is 50.3 Å². The molecule has 2 aliphatic heterocycles. The second kappa shape index (κ2) is 7.61. The van der Waals surface area contributed by atoms with Gasteiger partial charge in [0, 0.05) is 30.4 Å². The number of aryl methyl sites for hydroxylation is 1. The number of nitrogens with zero attached hydrogens (tertiary/aromatic N) is 3. The van der Waals surface area contributed by atoms with Crippen LogP contribution >= 0.6 is 11.6 Å². The second-order valence-electron chi connectivity index (χ2n) is 9.49. The molecule has 1 aromatic carbocycles. The summed E-state index contributed by atoms with van der Waals surface area (Å²) >= 11 is 6.38. The van der Waals surface area contributed by atoms with Gasteiger partial charge in [0.25, 0.3) is 5.91 Å². The standard InChI is InChI=1S/C24H24ClN5O4/c1-13-17(22(31)29-12-24(33)9-15(29)10-24)11-30-21(13)20(6-7-26-30)34-16-4-5-19(18(25)8-16)28-23(32)27-14-2-3-14/h4-8,11,14-15,33H,2-3,9-10,12H2,1H3,(H2,27,28,32). The number of anilines is 1. The number of fused-ring (bicyclic) bond motifs is 2. The lowest BCUT2D eigenvalue weighted by molar-refractivity contribution is 0.00705. The minimum Gasteiger partial charge on any atom is -0.455 e. The number of benzene rings is 1. The minimum atomic E-state index is -0.723. The number of hydrogen-bond acceptors (Lipinski definition) is 5. The molecule has 2 aromatic heterocycles. The highest BCUT2D eigenvalue weighted by Crippen LogP contribution is 2.45. The van der Waals surface area contributed by atoms with Crippen molar-refractivity contribution in [2.45, 2.75) is 50.3 Å². The molecule has 2 saturated heterocycles. The molecule has 4 aliphatic rings. The van der Waals surface area contributed by atoms with E-state index < -0.39 is 5.60 Å². The average molecular weight is 482 g/mol. The van der Waals surface area contributed by atoms with E-state index in [-0.39, 0.29) is 24.0 Å². The van der Waals surface area contributed by atoms with Crippen molar-refractivity contribution >= 4 is 34.7 Å². The topological polar surface area (TPSA) is 108 Å². The van der Waals surface area contributed by atoms with Gasteiger partial charge >= 0.3 is 6.03 Å². The molecule has 2 aliphatic carbocycles. The number of rotatable bonds is 5. The Morgan fingerprint density at radius 3 is 2.74 bits per heavy atom. The summed E-state index contributed by atoms with van der Waals surface area (Å²) in [7, 11) is 0. The Bertz CT molecular complexity index is 1330. The van der Waals surface area contributed by atoms with Gasteiger partial charge in [-0.2, -0.15) is 5.10 Å². The Labute approximate surface area is 200 Å². The first-order valence-electron chi connectivity index (χ1n) is 11.3. The molecular weight excluding hydrogens is 458 g/mol. The molecule has 0 atom stereocenters. The zero-order valence-corrected chi connectivity index (χ0v) is 19.3. The summed E-state index contributed by atoms with van der Waals surface area (Å²) in [5.41, 5.74) is 1.74. The third-order valence-corrected chi connectivity index (χ3v) is 7.16. The number of hydrogen-bond donors (Lipinski definition) is 3. The van der Waals surface area contributed by atoms with E-state index in [1.165, 1.54) is 0 Å². The number of urea groups is 1. The third kappa shape index (κ3) is 3.65. The molecular formula is C24H24ClN5O4. The highest BCUT2D eigenvalue weighted by atomic mass is 35.5. The molecule has 0 spiro atoms. The minimum absolute atomic E-state index is 0.101. The molecule has 2 bridgehead atoms. The largest absolute Gasteiger partial charge is 0.455 e. The molecule has 7 rings (SSSR count). The van der Waals surface area contributed by atoms with Crippen LogP contribution in [0.2, 0.25) is 5.02 Å². The summed E-state index contributed by atoms with van der Waals surface area (Å²) in [6.45, 7) is 2.24. The van der Waals surface area contributed by atoms with Crippen LogP contribution in [-0.2, 0) is 0 Å². The van der Waals surface area contributed by atoms with E-state index in [0.717, 1.165) is 18.4 Å². The third-order valence-electron chi connectivity index (χ3n) is 6.85. The van der Waals surface area contributed by atoms with Gasteiger partial charge in [-0.15, -0.1) is 0 Å². The van der Waals surface area contributed by atoms with Gasteiger partial charge in [0.1, 0.15) is 11.3 Å². The fourth-order valence-corrected chi connectivity index (χ4v) is 5.10. The Morgan fingerprint density at radius 2 is 2.06 bits per heavy atom. The van der Waals surface area contributed by atoms with Crippen molar-refractivity contribution < 1.29 is 19.4 Å². The van der Waals surface area contributed by atoms with Crippen LogP contribution in [0, 0.1) is 6.92 Å². The number of carbonyl (C=O) groups is 2. The van der Waals surface area contributed by atoms with Gasteiger partial charge in [-0.1, -0.05) is 11.6 Å². The Morgan fingerprint density at radius 1 is 1.26 bits per heavy atom. The normalized spacial score (nSPS) is 23.0. The van der Waals surface area contributed by atoms with Crippen molar-refractivity contribution in [3.63, 3.8) is 0 Å². The van der Waals surface area contributed by atoms with Crippen molar-refractivity contribution in [1.29, 1.82) is 0 Å². The number of amides is 3. The number of nitrogens with one attached hydrogen (secondary N) is 2. The summed E-state index contributed by atoms with van der Waals surface area (Å²) < 4.78 is 7.75. The summed E-state index contributed by atoms with van der Waals surface area (Å²) in [4.78, 5) is 27.0. The highest BCUT2D eigenvalue weighted by Gasteiger charge is 2.56. The van der Waals surface area contributed by atoms with Gasteiger partial charge in [0.15, 0.2) is 5.75 Å². The predicted octanol–water partition coefficient (Wildman–Crippen LogP) is 3.72. The van der Waals surface area contributed by atoms with Crippen molar-refractivity contribution in [2.75, 3.05) is 11.9 Å². The van der Waals surface area contributed by atoms with Gasteiger partial charge in [-0.25, -0.2) is 9.31 Å². The Balaban J connectivity index is 1.24. The van der Waals surface area contributed by atoms with Gasteiger partial charge in [0.2, 0.25) is 0 Å². The lowest BCUT2D eigenvalue weighted by Gasteiger charge is -2.31. The molecule has 3 amide bonds. The molecule has 0 radical (unpaired) electrons. The van der Waals surface area contributed by atoms with Crippen molar-refractivity contribution in [1.82, 2.24) is 19.8 Å². The molecule has 0 unspecified atom stereocenters. The van der Waals surface area contributed by atoms with Gasteiger partial charge in [-0.3, -0.25) is 4.79 Å². The van der Waals surface area contributed by atoms with Crippen LogP contribution < -0.4 is 15.4 Å². The van der Waals surface area contributed by atoms with E-state index in [1.807, 2.05) is 6.92 Å². The Hall–Kier alpha value is -3.30. The van der Waals surface area contributed by atoms with Crippen LogP contribution in [0.15, 0.2) is 36.7 Å². The molecule has 34 heavy (non-hydrogen) atoms. The van der Waals surface area contributed by atoms with Crippen LogP contribution in [0.25, 0.3) is 5.52 Å². The fourth-order valence-electron chi connectivity index (χ4n) is 4.89. The molecule has 4 heterocycles. The van der Waals surface area contributed by atoms with E-state index in [4.69, 9.17) is 16.3 Å². The van der Waals surface area contributed by atoms with Crippen LogP contribution in [0.1, 0.15) is 41.6 Å². The van der Waals surface area contributed by atoms with Crippen LogP contribution in [-0.4, -0.2) is 55.8 Å². The second-order valence-corrected chi connectivity index (χ2v) is 9.90. The Kier molecular flexibility index (Phi) is 4.76. The first-order valence-corrected chi connectivity index (χ1v) is 11.7. The van der Waals surface area contributed by atoms with Crippen LogP contribution in [0.4, 0.5) is 10.5 Å². The summed E-state index contributed by atoms with van der Waals surface area (Å²) in [6.07, 6.45) is 6.60. The number of aromatic nitrogens is 2. The molecule has 9 nitrogen and oxygen atoms in total. The van der Waals surface area contributed by atoms with Gasteiger partial charge in [0.05, 0.1) is 34.6 Å². The summed E-state index contributed by atoms with van der Waals surface area (Å²) in [5.74, 6) is 0.914. The van der Waals surface area contributed by atoms with E-state index in [2.05, 4.69) is 15.7 Å². The van der Waals surface area contributed by atoms with Crippen LogP contribution in [0.5, 0.6) is 11.5 Å². The van der Waals surface area contributed by atoms with Crippen molar-refractivity contribution in [3.8, 4) is 11.5 Å². The molecule has 4 fully saturated rings. The number of halogens is 1. The number of carbonyl (C=O) groups excluding carboxylic acids is 2. The van der Waals surface area contributed by atoms with E-state index in [1.54, 1.807) is 46.1 Å². The van der Waals surface area contributed by atoms with Gasteiger partial charge < -0.3 is 25.4 Å². The highest BCUT2D eigenvalue weighted by molar-refractivity contribution is 6.33. The number of aliphatic hydroxyl groups is 1. The average Bonchev–Trinajstić information content (AvgIpc) is 3.30. The van der Waals surface area contributed by atoms with E-state index >= 15 is 0 Å². The maximum atomic E-state index is 13.2. The SMILES string of the molecule is Cc1c(C(=O)N2CC3(O)CC2C3)cn2nccc(Oc3ccc(NC(=O)NC4CC4)c(Cl)c3)c12. The quantitative estimate of drug-likeness (QED) is 0.514. The maximum Gasteiger partial charge on any atom is 0.319 e. The maximum absolute atomic E-state index is 13.2. The monoisotopic (exact) mass is 481 g/mol. The zero-order valence-electron chi connectivity index (χ0n) is 18.5. The van der Waals surface area contributed by atoms with E-state index in [0.29, 0.717) is 52.7 Å². The lowest BCUT2D eigenvalue weighted by atomic mass is 9.81. The predicted molar refractivity (Wildman–Crippen MR) is 126 cm³/mol. The molecule has 10 heteroatoms. The molecule has 3 aromatic rings.